The molecule has 1 aliphatic carbocycles. The highest BCUT2D eigenvalue weighted by Gasteiger charge is 2.33. The number of carbonyl (C=O) groups excluding carboxylic acids is 2. The summed E-state index contributed by atoms with van der Waals surface area (Å²) in [5.74, 6) is 1.15. The Morgan fingerprint density at radius 1 is 0.900 bits per heavy atom. The van der Waals surface area contributed by atoms with Crippen molar-refractivity contribution in [3.8, 4) is 11.5 Å². The molecule has 0 saturated heterocycles. The van der Waals surface area contributed by atoms with Crippen LogP contribution < -0.4 is 14.8 Å². The second kappa shape index (κ2) is 12.7. The predicted octanol–water partition coefficient (Wildman–Crippen LogP) is 5.95. The Morgan fingerprint density at radius 3 is 2.23 bits per heavy atom. The van der Waals surface area contributed by atoms with Crippen LogP contribution in [-0.4, -0.2) is 42.0 Å². The largest absolute Gasteiger partial charge is 0.497 e. The minimum atomic E-state index is -0.798. The number of para-hydroxylation sites is 1. The number of rotatable bonds is 10. The van der Waals surface area contributed by atoms with Crippen molar-refractivity contribution in [3.05, 3.63) is 95.7 Å². The predicted molar refractivity (Wildman–Crippen MR) is 156 cm³/mol. The van der Waals surface area contributed by atoms with Gasteiger partial charge in [-0.25, -0.2) is 0 Å². The first kappa shape index (κ1) is 27.3. The number of aromatic nitrogens is 1. The van der Waals surface area contributed by atoms with E-state index in [9.17, 15) is 9.59 Å². The third-order valence-corrected chi connectivity index (χ3v) is 7.79. The summed E-state index contributed by atoms with van der Waals surface area (Å²) < 4.78 is 10.7. The number of hydrogen-bond donors (Lipinski definition) is 2. The molecule has 0 bridgehead atoms. The highest BCUT2D eigenvalue weighted by atomic mass is 16.5. The maximum atomic E-state index is 14.2. The van der Waals surface area contributed by atoms with Crippen LogP contribution in [0.2, 0.25) is 0 Å². The summed E-state index contributed by atoms with van der Waals surface area (Å²) >= 11 is 0. The van der Waals surface area contributed by atoms with E-state index >= 15 is 0 Å². The van der Waals surface area contributed by atoms with Gasteiger partial charge in [-0.05, 0) is 59.9 Å². The SMILES string of the molecule is COc1ccc(CN(C(=O)Cc2c[nH]c3ccccc23)[C@H](C(=O)NC2CCCCC2)c2ccc(OC)cc2)cc1. The topological polar surface area (TPSA) is 83.7 Å². The van der Waals surface area contributed by atoms with Gasteiger partial charge in [0.05, 0.1) is 20.6 Å². The molecule has 7 nitrogen and oxygen atoms in total. The Bertz CT molecular complexity index is 1420. The first-order valence-electron chi connectivity index (χ1n) is 14.0. The van der Waals surface area contributed by atoms with Gasteiger partial charge < -0.3 is 24.7 Å². The van der Waals surface area contributed by atoms with Gasteiger partial charge in [-0.15, -0.1) is 0 Å². The fourth-order valence-corrected chi connectivity index (χ4v) is 5.58. The molecular formula is C33H37N3O4. The highest BCUT2D eigenvalue weighted by Crippen LogP contribution is 2.29. The average molecular weight is 540 g/mol. The van der Waals surface area contributed by atoms with Crippen LogP contribution in [0.25, 0.3) is 10.9 Å². The summed E-state index contributed by atoms with van der Waals surface area (Å²) in [7, 11) is 3.24. The van der Waals surface area contributed by atoms with Gasteiger partial charge in [-0.2, -0.15) is 0 Å². The van der Waals surface area contributed by atoms with Gasteiger partial charge >= 0.3 is 0 Å². The number of carbonyl (C=O) groups is 2. The Morgan fingerprint density at radius 2 is 1.55 bits per heavy atom. The molecule has 208 valence electrons. The van der Waals surface area contributed by atoms with Gasteiger partial charge in [0.25, 0.3) is 0 Å². The lowest BCUT2D eigenvalue weighted by Crippen LogP contribution is -2.47. The lowest BCUT2D eigenvalue weighted by molar-refractivity contribution is -0.141. The molecule has 1 aliphatic rings. The van der Waals surface area contributed by atoms with E-state index in [0.29, 0.717) is 5.75 Å². The Kier molecular flexibility index (Phi) is 8.69. The van der Waals surface area contributed by atoms with E-state index in [4.69, 9.17) is 9.47 Å². The lowest BCUT2D eigenvalue weighted by Gasteiger charge is -2.33. The van der Waals surface area contributed by atoms with E-state index in [-0.39, 0.29) is 30.8 Å². The monoisotopic (exact) mass is 539 g/mol. The first-order valence-corrected chi connectivity index (χ1v) is 14.0. The number of hydrogen-bond acceptors (Lipinski definition) is 4. The van der Waals surface area contributed by atoms with Crippen LogP contribution in [0, 0.1) is 0 Å². The number of fused-ring (bicyclic) bond motifs is 1. The number of ether oxygens (including phenoxy) is 2. The molecule has 7 heteroatoms. The highest BCUT2D eigenvalue weighted by molar-refractivity contribution is 5.92. The van der Waals surface area contributed by atoms with Gasteiger partial charge in [0.15, 0.2) is 0 Å². The quantitative estimate of drug-likeness (QED) is 0.261. The number of nitrogens with zero attached hydrogens (tertiary/aromatic N) is 1. The summed E-state index contributed by atoms with van der Waals surface area (Å²) in [6.07, 6.45) is 7.38. The molecule has 40 heavy (non-hydrogen) atoms. The molecule has 0 spiro atoms. The molecule has 1 heterocycles. The number of amides is 2. The number of methoxy groups -OCH3 is 2. The van der Waals surface area contributed by atoms with Gasteiger partial charge in [0.2, 0.25) is 11.8 Å². The molecule has 3 aromatic carbocycles. The van der Waals surface area contributed by atoms with Crippen LogP contribution in [0.15, 0.2) is 79.0 Å². The van der Waals surface area contributed by atoms with Crippen LogP contribution in [0.1, 0.15) is 54.8 Å². The smallest absolute Gasteiger partial charge is 0.247 e. The molecule has 5 rings (SSSR count). The van der Waals surface area contributed by atoms with Gasteiger partial charge in [-0.3, -0.25) is 9.59 Å². The minimum absolute atomic E-state index is 0.119. The van der Waals surface area contributed by atoms with Gasteiger partial charge in [0, 0.05) is 29.7 Å². The van der Waals surface area contributed by atoms with Crippen molar-refractivity contribution < 1.29 is 19.1 Å². The third-order valence-electron chi connectivity index (χ3n) is 7.79. The van der Waals surface area contributed by atoms with E-state index in [1.54, 1.807) is 19.1 Å². The minimum Gasteiger partial charge on any atom is -0.497 e. The normalized spacial score (nSPS) is 14.4. The average Bonchev–Trinajstić information content (AvgIpc) is 3.40. The zero-order valence-corrected chi connectivity index (χ0v) is 23.2. The molecule has 0 unspecified atom stereocenters. The van der Waals surface area contributed by atoms with Crippen molar-refractivity contribution in [2.24, 2.45) is 0 Å². The van der Waals surface area contributed by atoms with E-state index in [1.165, 1.54) is 6.42 Å². The zero-order valence-electron chi connectivity index (χ0n) is 23.2. The lowest BCUT2D eigenvalue weighted by atomic mass is 9.94. The molecule has 1 aromatic heterocycles. The van der Waals surface area contributed by atoms with Gasteiger partial charge in [0.1, 0.15) is 17.5 Å². The molecule has 0 aliphatic heterocycles. The summed E-state index contributed by atoms with van der Waals surface area (Å²) in [5.41, 5.74) is 3.54. The molecule has 2 N–H and O–H groups in total. The van der Waals surface area contributed by atoms with E-state index in [1.807, 2.05) is 79.0 Å². The third kappa shape index (κ3) is 6.30. The summed E-state index contributed by atoms with van der Waals surface area (Å²) in [6.45, 7) is 0.278. The van der Waals surface area contributed by atoms with Crippen molar-refractivity contribution in [2.45, 2.75) is 57.2 Å². The Hall–Kier alpha value is -4.26. The van der Waals surface area contributed by atoms with Crippen LogP contribution >= 0.6 is 0 Å². The molecule has 1 saturated carbocycles. The number of aromatic amines is 1. The zero-order chi connectivity index (χ0) is 27.9. The Labute approximate surface area is 235 Å². The summed E-state index contributed by atoms with van der Waals surface area (Å²) in [5, 5.41) is 4.29. The number of benzene rings is 3. The molecule has 0 radical (unpaired) electrons. The van der Waals surface area contributed by atoms with E-state index < -0.39 is 6.04 Å². The van der Waals surface area contributed by atoms with Gasteiger partial charge in [-0.1, -0.05) is 61.7 Å². The molecular weight excluding hydrogens is 502 g/mol. The van der Waals surface area contributed by atoms with Crippen molar-refractivity contribution in [3.63, 3.8) is 0 Å². The van der Waals surface area contributed by atoms with Crippen molar-refractivity contribution in [1.29, 1.82) is 0 Å². The maximum Gasteiger partial charge on any atom is 0.247 e. The van der Waals surface area contributed by atoms with E-state index in [2.05, 4.69) is 10.3 Å². The van der Waals surface area contributed by atoms with Crippen LogP contribution in [0.3, 0.4) is 0 Å². The Balaban J connectivity index is 1.52. The molecule has 1 atom stereocenters. The maximum absolute atomic E-state index is 14.2. The molecule has 2 amide bonds. The van der Waals surface area contributed by atoms with Crippen LogP contribution in [0.4, 0.5) is 0 Å². The fraction of sp³-hybridized carbons (Fsp3) is 0.333. The summed E-state index contributed by atoms with van der Waals surface area (Å²) in [6, 6.07) is 22.3. The number of H-pyrrole nitrogens is 1. The van der Waals surface area contributed by atoms with Crippen molar-refractivity contribution >= 4 is 22.7 Å². The standard InChI is InChI=1S/C33H37N3O4/c1-39-27-16-12-23(13-17-27)22-36(31(37)20-25-21-34-30-11-7-6-10-29(25)30)32(24-14-18-28(40-2)19-15-24)33(38)35-26-8-4-3-5-9-26/h6-7,10-19,21,26,32,34H,3-5,8-9,20,22H2,1-2H3,(H,35,38)/t32-/m0/s1. The molecule has 1 fully saturated rings. The fourth-order valence-electron chi connectivity index (χ4n) is 5.58. The second-order valence-electron chi connectivity index (χ2n) is 10.4. The van der Waals surface area contributed by atoms with Crippen LogP contribution in [0.5, 0.6) is 11.5 Å². The van der Waals surface area contributed by atoms with Crippen molar-refractivity contribution in [2.75, 3.05) is 14.2 Å². The van der Waals surface area contributed by atoms with Crippen LogP contribution in [-0.2, 0) is 22.6 Å². The molecule has 4 aromatic rings. The first-order chi connectivity index (χ1) is 19.6. The van der Waals surface area contributed by atoms with Crippen molar-refractivity contribution in [1.82, 2.24) is 15.2 Å². The van der Waals surface area contributed by atoms with E-state index in [0.717, 1.165) is 59.0 Å². The summed E-state index contributed by atoms with van der Waals surface area (Å²) in [4.78, 5) is 33.2. The second-order valence-corrected chi connectivity index (χ2v) is 10.4. The number of nitrogens with one attached hydrogen (secondary N) is 2.